The topological polar surface area (TPSA) is 38.8 Å². The normalized spacial score (nSPS) is 33.0. The molecule has 1 unspecified atom stereocenters. The van der Waals surface area contributed by atoms with Gasteiger partial charge in [-0.2, -0.15) is 0 Å². The molecule has 4 atom stereocenters. The van der Waals surface area contributed by atoms with Gasteiger partial charge in [-0.05, 0) is 67.7 Å². The highest BCUT2D eigenvalue weighted by Crippen LogP contribution is 2.63. The Morgan fingerprint density at radius 1 is 1.10 bits per heavy atom. The first-order valence-electron chi connectivity index (χ1n) is 12.0. The van der Waals surface area contributed by atoms with E-state index in [4.69, 9.17) is 9.47 Å². The van der Waals surface area contributed by atoms with Crippen LogP contribution in [0.4, 0.5) is 0 Å². The van der Waals surface area contributed by atoms with Gasteiger partial charge in [0.1, 0.15) is 6.61 Å². The number of rotatable bonds is 5. The van der Waals surface area contributed by atoms with E-state index in [1.165, 1.54) is 30.5 Å². The van der Waals surface area contributed by atoms with Crippen molar-refractivity contribution in [2.45, 2.75) is 62.7 Å². The van der Waals surface area contributed by atoms with Gasteiger partial charge in [-0.25, -0.2) is 0 Å². The van der Waals surface area contributed by atoms with Gasteiger partial charge < -0.3 is 9.47 Å². The molecule has 5 aliphatic rings. The summed E-state index contributed by atoms with van der Waals surface area (Å²) in [6.07, 6.45) is 6.28. The van der Waals surface area contributed by atoms with E-state index in [-0.39, 0.29) is 11.5 Å². The Kier molecular flexibility index (Phi) is 3.88. The van der Waals surface area contributed by atoms with Crippen molar-refractivity contribution in [3.8, 4) is 11.5 Å². The Balaban J connectivity index is 1.29. The van der Waals surface area contributed by atoms with Gasteiger partial charge in [-0.15, -0.1) is 0 Å². The molecule has 2 aliphatic heterocycles. The second-order valence-electron chi connectivity index (χ2n) is 10.3. The first-order chi connectivity index (χ1) is 15.2. The number of likely N-dealkylation sites (tertiary alicyclic amines) is 1. The second-order valence-corrected chi connectivity index (χ2v) is 10.3. The van der Waals surface area contributed by atoms with E-state index < -0.39 is 0 Å². The summed E-state index contributed by atoms with van der Waals surface area (Å²) in [7, 11) is 0. The summed E-state index contributed by atoms with van der Waals surface area (Å²) >= 11 is 0. The van der Waals surface area contributed by atoms with Crippen molar-refractivity contribution in [3.05, 3.63) is 59.2 Å². The van der Waals surface area contributed by atoms with Crippen LogP contribution in [0, 0.1) is 11.8 Å². The van der Waals surface area contributed by atoms with Gasteiger partial charge in [0.25, 0.3) is 0 Å². The summed E-state index contributed by atoms with van der Waals surface area (Å²) in [5.74, 6) is 3.40. The number of nitrogens with zero attached hydrogens (tertiary/aromatic N) is 1. The molecule has 4 heteroatoms. The summed E-state index contributed by atoms with van der Waals surface area (Å²) in [6, 6.07) is 15.1. The number of carbonyl (C=O) groups is 1. The third-order valence-corrected chi connectivity index (χ3v) is 8.63. The average Bonchev–Trinajstić information content (AvgIpc) is 3.54. The van der Waals surface area contributed by atoms with E-state index in [0.717, 1.165) is 48.8 Å². The summed E-state index contributed by atoms with van der Waals surface area (Å²) < 4.78 is 12.8. The van der Waals surface area contributed by atoms with Gasteiger partial charge in [-0.3, -0.25) is 9.69 Å². The fourth-order valence-corrected chi connectivity index (χ4v) is 7.11. The van der Waals surface area contributed by atoms with E-state index >= 15 is 0 Å². The van der Waals surface area contributed by atoms with E-state index in [1.807, 2.05) is 18.2 Å². The molecule has 3 aliphatic carbocycles. The number of carbonyl (C=O) groups excluding carboxylic acids is 1. The quantitative estimate of drug-likeness (QED) is 0.731. The molecule has 160 valence electrons. The van der Waals surface area contributed by atoms with Crippen molar-refractivity contribution >= 4 is 5.78 Å². The molecule has 3 fully saturated rings. The number of piperidine rings is 1. The SMILES string of the molecule is O=C1CC[C@@H]2[C@@H]3Cc4ccc(OCc5ccccc5)c5c4[C@]2(CCN3CC2CC2)C1O5. The Bertz CT molecular complexity index is 1050. The lowest BCUT2D eigenvalue weighted by Gasteiger charge is -2.57. The molecule has 31 heavy (non-hydrogen) atoms. The maximum atomic E-state index is 13.1. The van der Waals surface area contributed by atoms with E-state index in [2.05, 4.69) is 29.2 Å². The van der Waals surface area contributed by atoms with Crippen LogP contribution in [0.25, 0.3) is 0 Å². The van der Waals surface area contributed by atoms with Crippen LogP contribution in [0.1, 0.15) is 48.8 Å². The zero-order valence-corrected chi connectivity index (χ0v) is 17.9. The maximum absolute atomic E-state index is 13.1. The van der Waals surface area contributed by atoms with E-state index in [1.54, 1.807) is 0 Å². The van der Waals surface area contributed by atoms with Crippen LogP contribution in [-0.4, -0.2) is 35.9 Å². The van der Waals surface area contributed by atoms with Gasteiger partial charge >= 0.3 is 0 Å². The summed E-state index contributed by atoms with van der Waals surface area (Å²) in [5.41, 5.74) is 3.72. The molecule has 1 spiro atoms. The fraction of sp³-hybridized carbons (Fsp3) is 0.519. The molecule has 7 rings (SSSR count). The number of hydrogen-bond acceptors (Lipinski definition) is 4. The maximum Gasteiger partial charge on any atom is 0.174 e. The predicted molar refractivity (Wildman–Crippen MR) is 117 cm³/mol. The molecule has 0 radical (unpaired) electrons. The van der Waals surface area contributed by atoms with Gasteiger partial charge in [0, 0.05) is 30.0 Å². The average molecular weight is 416 g/mol. The zero-order valence-electron chi connectivity index (χ0n) is 17.9. The molecule has 1 saturated heterocycles. The van der Waals surface area contributed by atoms with Crippen LogP contribution in [0.2, 0.25) is 0 Å². The molecule has 2 saturated carbocycles. The Labute approximate surface area is 183 Å². The smallest absolute Gasteiger partial charge is 0.174 e. The molecule has 2 bridgehead atoms. The Hall–Kier alpha value is -2.33. The lowest BCUT2D eigenvalue weighted by atomic mass is 9.51. The summed E-state index contributed by atoms with van der Waals surface area (Å²) in [5, 5.41) is 0. The molecular weight excluding hydrogens is 386 g/mol. The molecule has 0 amide bonds. The summed E-state index contributed by atoms with van der Waals surface area (Å²) in [4.78, 5) is 15.9. The molecule has 0 N–H and O–H groups in total. The van der Waals surface area contributed by atoms with Gasteiger partial charge in [0.05, 0.1) is 0 Å². The number of ketones is 1. The lowest BCUT2D eigenvalue weighted by Crippen LogP contribution is -2.66. The van der Waals surface area contributed by atoms with Crippen molar-refractivity contribution in [2.24, 2.45) is 11.8 Å². The first-order valence-corrected chi connectivity index (χ1v) is 12.0. The van der Waals surface area contributed by atoms with Gasteiger partial charge in [0.2, 0.25) is 0 Å². The van der Waals surface area contributed by atoms with Crippen LogP contribution >= 0.6 is 0 Å². The standard InChI is InChI=1S/C27H29NO3/c29-22-10-9-20-21-14-19-8-11-23(30-16-18-4-2-1-3-5-18)25-24(19)27(20,26(22)31-25)12-13-28(21)15-17-6-7-17/h1-5,8,11,17,20-21,26H,6-7,9-10,12-16H2/t20-,21+,26?,27-/m1/s1. The first kappa shape index (κ1) is 18.3. The van der Waals surface area contributed by atoms with Crippen molar-refractivity contribution in [1.29, 1.82) is 0 Å². The minimum atomic E-state index is -0.313. The van der Waals surface area contributed by atoms with Crippen molar-refractivity contribution in [1.82, 2.24) is 4.90 Å². The minimum Gasteiger partial charge on any atom is -0.485 e. The third kappa shape index (κ3) is 2.60. The molecule has 2 heterocycles. The number of benzene rings is 2. The van der Waals surface area contributed by atoms with Crippen LogP contribution < -0.4 is 9.47 Å². The van der Waals surface area contributed by atoms with Gasteiger partial charge in [-0.1, -0.05) is 36.4 Å². The van der Waals surface area contributed by atoms with Crippen LogP contribution in [0.15, 0.2) is 42.5 Å². The molecule has 2 aromatic carbocycles. The fourth-order valence-electron chi connectivity index (χ4n) is 7.11. The highest BCUT2D eigenvalue weighted by atomic mass is 16.5. The molecule has 4 nitrogen and oxygen atoms in total. The number of hydrogen-bond donors (Lipinski definition) is 0. The van der Waals surface area contributed by atoms with E-state index in [9.17, 15) is 4.79 Å². The largest absolute Gasteiger partial charge is 0.485 e. The molecule has 0 aromatic heterocycles. The van der Waals surface area contributed by atoms with Crippen LogP contribution in [0.3, 0.4) is 0 Å². The lowest BCUT2D eigenvalue weighted by molar-refractivity contribution is -0.138. The van der Waals surface area contributed by atoms with Crippen molar-refractivity contribution in [3.63, 3.8) is 0 Å². The predicted octanol–water partition coefficient (Wildman–Crippen LogP) is 4.28. The number of Topliss-reactive ketones (excluding diaryl/α,β-unsaturated/α-hetero) is 1. The Morgan fingerprint density at radius 2 is 1.97 bits per heavy atom. The molecular formula is C27H29NO3. The summed E-state index contributed by atoms with van der Waals surface area (Å²) in [6.45, 7) is 2.86. The van der Waals surface area contributed by atoms with Crippen LogP contribution in [0.5, 0.6) is 11.5 Å². The highest BCUT2D eigenvalue weighted by molar-refractivity contribution is 5.89. The minimum absolute atomic E-state index is 0.130. The third-order valence-electron chi connectivity index (χ3n) is 8.63. The Morgan fingerprint density at radius 3 is 2.81 bits per heavy atom. The number of ether oxygens (including phenoxy) is 2. The second kappa shape index (κ2) is 6.59. The van der Waals surface area contributed by atoms with E-state index in [0.29, 0.717) is 30.8 Å². The van der Waals surface area contributed by atoms with Crippen LogP contribution in [-0.2, 0) is 23.2 Å². The highest BCUT2D eigenvalue weighted by Gasteiger charge is 2.66. The van der Waals surface area contributed by atoms with Crippen molar-refractivity contribution in [2.75, 3.05) is 13.1 Å². The monoisotopic (exact) mass is 415 g/mol. The zero-order chi connectivity index (χ0) is 20.6. The van der Waals surface area contributed by atoms with Crippen molar-refractivity contribution < 1.29 is 14.3 Å². The van der Waals surface area contributed by atoms with Gasteiger partial charge in [0.15, 0.2) is 23.4 Å². The molecule has 2 aromatic rings.